The fraction of sp³-hybridized carbons (Fsp3) is 0.462. The number of alkyl halides is 2. The molecule has 0 unspecified atom stereocenters. The van der Waals surface area contributed by atoms with Crippen LogP contribution in [0.3, 0.4) is 0 Å². The van der Waals surface area contributed by atoms with E-state index in [1.165, 1.54) is 25.3 Å². The highest BCUT2D eigenvalue weighted by atomic mass is 19.3. The van der Waals surface area contributed by atoms with Gasteiger partial charge in [0.25, 0.3) is 5.92 Å². The van der Waals surface area contributed by atoms with E-state index in [1.54, 1.807) is 19.9 Å². The number of carbonyl (C=O) groups is 1. The van der Waals surface area contributed by atoms with Gasteiger partial charge < -0.3 is 4.74 Å². The molecule has 0 amide bonds. The summed E-state index contributed by atoms with van der Waals surface area (Å²) < 4.78 is 31.0. The Hall–Kier alpha value is -1.45. The third kappa shape index (κ3) is 2.81. The lowest BCUT2D eigenvalue weighted by Gasteiger charge is -2.23. The standard InChI is InChI=1S/C13H16F2O2/c1-12(2,11(16)17-4)9-6-5-7-10(8-9)13(3,14)15/h5-8H,1-4H3. The fourth-order valence-corrected chi connectivity index (χ4v) is 1.55. The normalized spacial score (nSPS) is 12.4. The minimum atomic E-state index is -2.91. The van der Waals surface area contributed by atoms with Crippen LogP contribution in [-0.4, -0.2) is 13.1 Å². The van der Waals surface area contributed by atoms with E-state index in [-0.39, 0.29) is 5.56 Å². The van der Waals surface area contributed by atoms with E-state index in [0.29, 0.717) is 5.56 Å². The van der Waals surface area contributed by atoms with Gasteiger partial charge in [-0.2, -0.15) is 0 Å². The lowest BCUT2D eigenvalue weighted by atomic mass is 9.83. The highest BCUT2D eigenvalue weighted by Crippen LogP contribution is 2.31. The summed E-state index contributed by atoms with van der Waals surface area (Å²) in [5, 5.41) is 0. The molecule has 0 atom stereocenters. The highest BCUT2D eigenvalue weighted by Gasteiger charge is 2.33. The second-order valence-electron chi connectivity index (χ2n) is 4.59. The molecule has 2 nitrogen and oxygen atoms in total. The van der Waals surface area contributed by atoms with Crippen LogP contribution in [0, 0.1) is 0 Å². The average Bonchev–Trinajstić information content (AvgIpc) is 2.27. The number of hydrogen-bond acceptors (Lipinski definition) is 2. The first-order valence-corrected chi connectivity index (χ1v) is 5.27. The number of benzene rings is 1. The Kier molecular flexibility index (Phi) is 3.55. The predicted octanol–water partition coefficient (Wildman–Crippen LogP) is 3.25. The summed E-state index contributed by atoms with van der Waals surface area (Å²) in [7, 11) is 1.28. The molecule has 1 aromatic rings. The van der Waals surface area contributed by atoms with Crippen molar-refractivity contribution in [2.24, 2.45) is 0 Å². The number of rotatable bonds is 3. The molecule has 0 bridgehead atoms. The smallest absolute Gasteiger partial charge is 0.315 e. The molecule has 0 heterocycles. The topological polar surface area (TPSA) is 26.3 Å². The molecular formula is C13H16F2O2. The van der Waals surface area contributed by atoms with E-state index < -0.39 is 17.3 Å². The van der Waals surface area contributed by atoms with Crippen LogP contribution in [0.15, 0.2) is 24.3 Å². The Bertz CT molecular complexity index is 420. The SMILES string of the molecule is COC(=O)C(C)(C)c1cccc(C(C)(F)F)c1. The van der Waals surface area contributed by atoms with Gasteiger partial charge in [0.05, 0.1) is 12.5 Å². The van der Waals surface area contributed by atoms with Crippen LogP contribution < -0.4 is 0 Å². The summed E-state index contributed by atoms with van der Waals surface area (Å²) in [6.07, 6.45) is 0. The number of ether oxygens (including phenoxy) is 1. The summed E-state index contributed by atoms with van der Waals surface area (Å²) in [4.78, 5) is 11.6. The zero-order valence-electron chi connectivity index (χ0n) is 10.4. The summed E-state index contributed by atoms with van der Waals surface area (Å²) >= 11 is 0. The van der Waals surface area contributed by atoms with Crippen molar-refractivity contribution in [1.82, 2.24) is 0 Å². The van der Waals surface area contributed by atoms with Crippen molar-refractivity contribution in [3.05, 3.63) is 35.4 Å². The van der Waals surface area contributed by atoms with Gasteiger partial charge in [-0.1, -0.05) is 18.2 Å². The van der Waals surface area contributed by atoms with Gasteiger partial charge >= 0.3 is 5.97 Å². The Morgan fingerprint density at radius 2 is 1.71 bits per heavy atom. The van der Waals surface area contributed by atoms with E-state index in [1.807, 2.05) is 0 Å². The van der Waals surface area contributed by atoms with Gasteiger partial charge in [0.2, 0.25) is 0 Å². The lowest BCUT2D eigenvalue weighted by Crippen LogP contribution is -2.30. The van der Waals surface area contributed by atoms with Crippen LogP contribution >= 0.6 is 0 Å². The largest absolute Gasteiger partial charge is 0.468 e. The van der Waals surface area contributed by atoms with Crippen molar-refractivity contribution in [1.29, 1.82) is 0 Å². The molecule has 0 fully saturated rings. The molecule has 0 aliphatic carbocycles. The number of esters is 1. The van der Waals surface area contributed by atoms with Crippen molar-refractivity contribution in [3.8, 4) is 0 Å². The molecule has 94 valence electrons. The first kappa shape index (κ1) is 13.6. The number of methoxy groups -OCH3 is 1. The number of carbonyl (C=O) groups excluding carboxylic acids is 1. The third-order valence-corrected chi connectivity index (χ3v) is 2.79. The molecular weight excluding hydrogens is 226 g/mol. The number of halogens is 2. The van der Waals surface area contributed by atoms with Crippen molar-refractivity contribution in [3.63, 3.8) is 0 Å². The first-order valence-electron chi connectivity index (χ1n) is 5.27. The van der Waals surface area contributed by atoms with Gasteiger partial charge in [0.1, 0.15) is 0 Å². The lowest BCUT2D eigenvalue weighted by molar-refractivity contribution is -0.146. The first-order chi connectivity index (χ1) is 7.69. The van der Waals surface area contributed by atoms with E-state index in [4.69, 9.17) is 0 Å². The van der Waals surface area contributed by atoms with Gasteiger partial charge in [-0.3, -0.25) is 4.79 Å². The van der Waals surface area contributed by atoms with Gasteiger partial charge in [0, 0.05) is 12.5 Å². The van der Waals surface area contributed by atoms with Gasteiger partial charge in [0.15, 0.2) is 0 Å². The quantitative estimate of drug-likeness (QED) is 0.760. The molecule has 0 saturated carbocycles. The van der Waals surface area contributed by atoms with Crippen LogP contribution in [0.4, 0.5) is 8.78 Å². The molecule has 0 aromatic heterocycles. The van der Waals surface area contributed by atoms with E-state index in [2.05, 4.69) is 4.74 Å². The van der Waals surface area contributed by atoms with E-state index in [9.17, 15) is 13.6 Å². The summed E-state index contributed by atoms with van der Waals surface area (Å²) in [5.41, 5.74) is -0.522. The second-order valence-corrected chi connectivity index (χ2v) is 4.59. The molecule has 0 spiro atoms. The van der Waals surface area contributed by atoms with E-state index in [0.717, 1.165) is 6.92 Å². The van der Waals surface area contributed by atoms with Crippen LogP contribution in [0.1, 0.15) is 31.9 Å². The Morgan fingerprint density at radius 1 is 1.18 bits per heavy atom. The zero-order valence-corrected chi connectivity index (χ0v) is 10.4. The molecule has 0 radical (unpaired) electrons. The van der Waals surface area contributed by atoms with Crippen molar-refractivity contribution in [2.75, 3.05) is 7.11 Å². The minimum absolute atomic E-state index is 0.105. The maximum Gasteiger partial charge on any atom is 0.315 e. The van der Waals surface area contributed by atoms with Crippen LogP contribution in [0.5, 0.6) is 0 Å². The zero-order chi connectivity index (χ0) is 13.3. The molecule has 1 aromatic carbocycles. The molecule has 0 saturated heterocycles. The average molecular weight is 242 g/mol. The van der Waals surface area contributed by atoms with Crippen molar-refractivity contribution < 1.29 is 18.3 Å². The van der Waals surface area contributed by atoms with Gasteiger partial charge in [-0.15, -0.1) is 0 Å². The third-order valence-electron chi connectivity index (χ3n) is 2.79. The van der Waals surface area contributed by atoms with Crippen molar-refractivity contribution in [2.45, 2.75) is 32.1 Å². The van der Waals surface area contributed by atoms with Crippen LogP contribution in [0.25, 0.3) is 0 Å². The molecule has 0 N–H and O–H groups in total. The van der Waals surface area contributed by atoms with Crippen LogP contribution in [-0.2, 0) is 20.9 Å². The Morgan fingerprint density at radius 3 is 2.18 bits per heavy atom. The van der Waals surface area contributed by atoms with Gasteiger partial charge in [-0.05, 0) is 25.5 Å². The van der Waals surface area contributed by atoms with Crippen molar-refractivity contribution >= 4 is 5.97 Å². The molecule has 1 rings (SSSR count). The second kappa shape index (κ2) is 4.43. The summed E-state index contributed by atoms with van der Waals surface area (Å²) in [6, 6.07) is 5.85. The fourth-order valence-electron chi connectivity index (χ4n) is 1.55. The highest BCUT2D eigenvalue weighted by molar-refractivity contribution is 5.82. The maximum absolute atomic E-state index is 13.2. The van der Waals surface area contributed by atoms with E-state index >= 15 is 0 Å². The molecule has 17 heavy (non-hydrogen) atoms. The maximum atomic E-state index is 13.2. The van der Waals surface area contributed by atoms with Crippen LogP contribution in [0.2, 0.25) is 0 Å². The summed E-state index contributed by atoms with van der Waals surface area (Å²) in [6.45, 7) is 4.12. The molecule has 4 heteroatoms. The predicted molar refractivity (Wildman–Crippen MR) is 61.1 cm³/mol. The Labute approximate surface area is 99.6 Å². The molecule has 0 aliphatic rings. The monoisotopic (exact) mass is 242 g/mol. The Balaban J connectivity index is 3.20. The summed E-state index contributed by atoms with van der Waals surface area (Å²) in [5.74, 6) is -3.36. The number of hydrogen-bond donors (Lipinski definition) is 0. The van der Waals surface area contributed by atoms with Gasteiger partial charge in [-0.25, -0.2) is 8.78 Å². The molecule has 0 aliphatic heterocycles. The minimum Gasteiger partial charge on any atom is -0.468 e.